The van der Waals surface area contributed by atoms with Crippen LogP contribution < -0.4 is 0 Å². The van der Waals surface area contributed by atoms with Crippen LogP contribution in [0.5, 0.6) is 0 Å². The largest absolute Gasteiger partial charge is 0.603 e. The summed E-state index contributed by atoms with van der Waals surface area (Å²) in [7, 11) is 0. The molecule has 0 aliphatic heterocycles. The van der Waals surface area contributed by atoms with Gasteiger partial charge in [0.1, 0.15) is 9.85 Å². The molecule has 0 bridgehead atoms. The van der Waals surface area contributed by atoms with E-state index in [-0.39, 0.29) is 0 Å². The van der Waals surface area contributed by atoms with Gasteiger partial charge in [0.05, 0.1) is 5.88 Å². The number of hydrogen-bond donors (Lipinski definition) is 2. The third kappa shape index (κ3) is 1.60. The van der Waals surface area contributed by atoms with Gasteiger partial charge in [-0.1, -0.05) is 0 Å². The van der Waals surface area contributed by atoms with Gasteiger partial charge in [-0.3, -0.25) is 25.3 Å². The van der Waals surface area contributed by atoms with Crippen molar-refractivity contribution in [3.63, 3.8) is 0 Å². The summed E-state index contributed by atoms with van der Waals surface area (Å²) in [6.45, 7) is 0. The highest BCUT2D eigenvalue weighted by Crippen LogP contribution is 2.13. The van der Waals surface area contributed by atoms with Gasteiger partial charge in [0.25, 0.3) is 0 Å². The Bertz CT molecular complexity index is 193. The maximum Gasteiger partial charge on any atom is 0.603 e. The maximum atomic E-state index is 9.96. The molecule has 2 N–H and O–H groups in total. The third-order valence-electron chi connectivity index (χ3n) is 1.13. The maximum absolute atomic E-state index is 9.96. The second kappa shape index (κ2) is 3.61. The highest BCUT2D eigenvalue weighted by Gasteiger charge is 2.61. The molecular weight excluding hydrogens is 195 g/mol. The van der Waals surface area contributed by atoms with E-state index < -0.39 is 27.7 Å². The molecule has 1 unspecified atom stereocenters. The van der Waals surface area contributed by atoms with Gasteiger partial charge in [-0.05, 0) is 0 Å². The van der Waals surface area contributed by atoms with E-state index in [9.17, 15) is 20.2 Å². The number of alkyl halides is 1. The molecule has 0 aliphatic carbocycles. The first-order valence-electron chi connectivity index (χ1n) is 2.62. The fourth-order valence-corrected chi connectivity index (χ4v) is 0.621. The van der Waals surface area contributed by atoms with Crippen molar-refractivity contribution in [1.29, 1.82) is 0 Å². The molecule has 0 aromatic heterocycles. The standard InChI is InChI=1S/C3H5ClN2O6/c4-1-2(7)3(8,5(9)10)6(11)12/h2,7-8H,1H2. The molecule has 0 aromatic carbocycles. The van der Waals surface area contributed by atoms with Gasteiger partial charge in [0, 0.05) is 0 Å². The minimum Gasteiger partial charge on any atom is -0.376 e. The van der Waals surface area contributed by atoms with Crippen LogP contribution in [0.2, 0.25) is 0 Å². The predicted molar refractivity (Wildman–Crippen MR) is 35.7 cm³/mol. The SMILES string of the molecule is O=[N+]([O-])C(O)(C(O)CCl)[N+](=O)[O-]. The summed E-state index contributed by atoms with van der Waals surface area (Å²) in [5, 5.41) is 37.3. The summed E-state index contributed by atoms with van der Waals surface area (Å²) < 4.78 is 0. The van der Waals surface area contributed by atoms with Crippen LogP contribution in [0.4, 0.5) is 0 Å². The van der Waals surface area contributed by atoms with Crippen molar-refractivity contribution in [3.05, 3.63) is 20.2 Å². The van der Waals surface area contributed by atoms with Gasteiger partial charge >= 0.3 is 5.85 Å². The Morgan fingerprint density at radius 2 is 1.75 bits per heavy atom. The van der Waals surface area contributed by atoms with E-state index in [2.05, 4.69) is 0 Å². The van der Waals surface area contributed by atoms with Crippen LogP contribution in [0, 0.1) is 20.2 Å². The van der Waals surface area contributed by atoms with Gasteiger partial charge in [-0.25, -0.2) is 0 Å². The third-order valence-corrected chi connectivity index (χ3v) is 1.42. The number of aliphatic hydroxyl groups excluding tert-OH is 1. The molecule has 0 fully saturated rings. The lowest BCUT2D eigenvalue weighted by atomic mass is 10.3. The Morgan fingerprint density at radius 3 is 1.83 bits per heavy atom. The molecule has 0 heterocycles. The van der Waals surface area contributed by atoms with E-state index in [0.29, 0.717) is 0 Å². The minimum atomic E-state index is -3.62. The fourth-order valence-electron chi connectivity index (χ4n) is 0.414. The van der Waals surface area contributed by atoms with Gasteiger partial charge in [-0.2, -0.15) is 0 Å². The van der Waals surface area contributed by atoms with Crippen LogP contribution >= 0.6 is 11.6 Å². The first-order valence-corrected chi connectivity index (χ1v) is 3.16. The van der Waals surface area contributed by atoms with Crippen molar-refractivity contribution in [1.82, 2.24) is 0 Å². The number of nitrogens with zero attached hydrogens (tertiary/aromatic N) is 2. The Morgan fingerprint density at radius 1 is 1.42 bits per heavy atom. The van der Waals surface area contributed by atoms with E-state index in [1.54, 1.807) is 0 Å². The molecule has 0 saturated carbocycles. The van der Waals surface area contributed by atoms with Crippen molar-refractivity contribution < 1.29 is 20.1 Å². The Balaban J connectivity index is 4.87. The number of nitro groups is 2. The van der Waals surface area contributed by atoms with Gasteiger partial charge < -0.3 is 5.11 Å². The lowest BCUT2D eigenvalue weighted by molar-refractivity contribution is -0.856. The van der Waals surface area contributed by atoms with Crippen molar-refractivity contribution in [2.45, 2.75) is 12.0 Å². The summed E-state index contributed by atoms with van der Waals surface area (Å²) in [4.78, 5) is 16.7. The van der Waals surface area contributed by atoms with Crippen LogP contribution in [0.1, 0.15) is 0 Å². The summed E-state index contributed by atoms with van der Waals surface area (Å²) in [5.74, 6) is -4.43. The number of halogens is 1. The molecule has 1 atom stereocenters. The van der Waals surface area contributed by atoms with E-state index in [1.807, 2.05) is 0 Å². The highest BCUT2D eigenvalue weighted by molar-refractivity contribution is 6.18. The van der Waals surface area contributed by atoms with Gasteiger partial charge in [-0.15, -0.1) is 11.6 Å². The molecular formula is C3H5ClN2O6. The minimum absolute atomic E-state index is 0.807. The van der Waals surface area contributed by atoms with E-state index >= 15 is 0 Å². The van der Waals surface area contributed by atoms with Crippen molar-refractivity contribution in [2.24, 2.45) is 0 Å². The van der Waals surface area contributed by atoms with Crippen LogP contribution in [-0.2, 0) is 0 Å². The molecule has 9 heteroatoms. The molecule has 0 aromatic rings. The summed E-state index contributed by atoms with van der Waals surface area (Å²) >= 11 is 4.91. The van der Waals surface area contributed by atoms with Crippen LogP contribution in [0.3, 0.4) is 0 Å². The van der Waals surface area contributed by atoms with Crippen LogP contribution in [-0.4, -0.2) is 37.9 Å². The number of hydrogen-bond acceptors (Lipinski definition) is 6. The van der Waals surface area contributed by atoms with Gasteiger partial charge in [0.2, 0.25) is 6.10 Å². The average molecular weight is 201 g/mol. The normalized spacial score (nSPS) is 13.9. The lowest BCUT2D eigenvalue weighted by Gasteiger charge is -2.13. The van der Waals surface area contributed by atoms with E-state index in [1.165, 1.54) is 0 Å². The number of rotatable bonds is 4. The second-order valence-electron chi connectivity index (χ2n) is 1.87. The zero-order valence-electron chi connectivity index (χ0n) is 5.58. The molecule has 0 saturated heterocycles. The topological polar surface area (TPSA) is 127 Å². The monoisotopic (exact) mass is 200 g/mol. The molecule has 12 heavy (non-hydrogen) atoms. The molecule has 8 nitrogen and oxygen atoms in total. The molecule has 70 valence electrons. The quantitative estimate of drug-likeness (QED) is 0.254. The molecule has 0 rings (SSSR count). The first kappa shape index (κ1) is 11.0. The second-order valence-corrected chi connectivity index (χ2v) is 2.18. The van der Waals surface area contributed by atoms with Crippen molar-refractivity contribution >= 4 is 11.6 Å². The van der Waals surface area contributed by atoms with Crippen LogP contribution in [0.15, 0.2) is 0 Å². The van der Waals surface area contributed by atoms with Gasteiger partial charge in [0.15, 0.2) is 0 Å². The highest BCUT2D eigenvalue weighted by atomic mass is 35.5. The Hall–Kier alpha value is -0.990. The summed E-state index contributed by atoms with van der Waals surface area (Å²) in [6.07, 6.45) is -2.25. The summed E-state index contributed by atoms with van der Waals surface area (Å²) in [5.41, 5.74) is 0. The zero-order valence-corrected chi connectivity index (χ0v) is 6.34. The Labute approximate surface area is 70.7 Å². The Kier molecular flexibility index (Phi) is 3.31. The number of aliphatic hydroxyl groups is 2. The predicted octanol–water partition coefficient (Wildman–Crippen LogP) is -1.21. The molecule has 0 radical (unpaired) electrons. The van der Waals surface area contributed by atoms with Crippen molar-refractivity contribution in [2.75, 3.05) is 5.88 Å². The van der Waals surface area contributed by atoms with E-state index in [0.717, 1.165) is 0 Å². The fraction of sp³-hybridized carbons (Fsp3) is 1.00. The molecule has 0 spiro atoms. The average Bonchev–Trinajstić information content (AvgIpc) is 2.00. The zero-order chi connectivity index (χ0) is 9.94. The summed E-state index contributed by atoms with van der Waals surface area (Å²) in [6, 6.07) is 0. The smallest absolute Gasteiger partial charge is 0.376 e. The first-order chi connectivity index (χ1) is 5.37. The molecule has 0 aliphatic rings. The van der Waals surface area contributed by atoms with E-state index in [4.69, 9.17) is 21.8 Å². The lowest BCUT2D eigenvalue weighted by Crippen LogP contribution is -2.56. The van der Waals surface area contributed by atoms with Crippen molar-refractivity contribution in [3.8, 4) is 0 Å². The van der Waals surface area contributed by atoms with Crippen LogP contribution in [0.25, 0.3) is 0 Å². The molecule has 0 amide bonds.